The Morgan fingerprint density at radius 2 is 2.10 bits per heavy atom. The number of nitrogens with one attached hydrogen (secondary N) is 2. The van der Waals surface area contributed by atoms with E-state index < -0.39 is 0 Å². The third kappa shape index (κ3) is 6.94. The molecule has 1 saturated heterocycles. The maximum absolute atomic E-state index is 5.70. The molecule has 7 nitrogen and oxygen atoms in total. The highest BCUT2D eigenvalue weighted by Gasteiger charge is 2.17. The topological polar surface area (TPSA) is 71.0 Å². The molecule has 0 spiro atoms. The summed E-state index contributed by atoms with van der Waals surface area (Å²) in [5, 5.41) is 6.64. The number of guanidine groups is 1. The van der Waals surface area contributed by atoms with Crippen molar-refractivity contribution in [2.45, 2.75) is 26.0 Å². The number of nitrogens with zero attached hydrogens (tertiary/aromatic N) is 3. The molecule has 1 fully saturated rings. The minimum atomic E-state index is 0.249. The first-order valence-corrected chi connectivity index (χ1v) is 10.2. The average molecular weight is 398 g/mol. The molecule has 0 amide bonds. The second-order valence-electron chi connectivity index (χ2n) is 7.02. The van der Waals surface area contributed by atoms with Gasteiger partial charge in [0.05, 0.1) is 19.3 Å². The molecule has 2 aromatic rings. The summed E-state index contributed by atoms with van der Waals surface area (Å²) in [5.41, 5.74) is 1.12. The molecule has 1 unspecified atom stereocenters. The van der Waals surface area contributed by atoms with Gasteiger partial charge in [-0.15, -0.1) is 0 Å². The zero-order chi connectivity index (χ0) is 20.3. The second-order valence-corrected chi connectivity index (χ2v) is 7.02. The highest BCUT2D eigenvalue weighted by atomic mass is 16.5. The SMILES string of the molecule is CN=C(NCCCOc1ccccc1)NCc1ccc(N2CCOC(C)C2)nc1. The number of rotatable bonds is 8. The van der Waals surface area contributed by atoms with Gasteiger partial charge in [0.15, 0.2) is 5.96 Å². The smallest absolute Gasteiger partial charge is 0.191 e. The largest absolute Gasteiger partial charge is 0.494 e. The molecule has 1 aliphatic rings. The van der Waals surface area contributed by atoms with Crippen LogP contribution in [-0.4, -0.2) is 56.9 Å². The number of hydrogen-bond acceptors (Lipinski definition) is 5. The summed E-state index contributed by atoms with van der Waals surface area (Å²) in [5.74, 6) is 2.68. The van der Waals surface area contributed by atoms with E-state index in [1.807, 2.05) is 36.5 Å². The Morgan fingerprint density at radius 1 is 1.24 bits per heavy atom. The summed E-state index contributed by atoms with van der Waals surface area (Å²) < 4.78 is 11.3. The van der Waals surface area contributed by atoms with E-state index >= 15 is 0 Å². The number of pyridine rings is 1. The number of anilines is 1. The van der Waals surface area contributed by atoms with Crippen LogP contribution in [0.2, 0.25) is 0 Å². The molecule has 1 aliphatic heterocycles. The highest BCUT2D eigenvalue weighted by molar-refractivity contribution is 5.79. The molecule has 1 atom stereocenters. The predicted octanol–water partition coefficient (Wildman–Crippen LogP) is 2.44. The van der Waals surface area contributed by atoms with Crippen LogP contribution in [0.1, 0.15) is 18.9 Å². The van der Waals surface area contributed by atoms with Gasteiger partial charge < -0.3 is 25.0 Å². The molecular formula is C22H31N5O2. The van der Waals surface area contributed by atoms with Gasteiger partial charge in [-0.1, -0.05) is 24.3 Å². The van der Waals surface area contributed by atoms with Crippen LogP contribution >= 0.6 is 0 Å². The minimum Gasteiger partial charge on any atom is -0.494 e. The van der Waals surface area contributed by atoms with E-state index in [0.29, 0.717) is 13.2 Å². The summed E-state index contributed by atoms with van der Waals surface area (Å²) in [4.78, 5) is 11.1. The molecule has 29 heavy (non-hydrogen) atoms. The first kappa shape index (κ1) is 20.9. The molecule has 7 heteroatoms. The van der Waals surface area contributed by atoms with E-state index in [0.717, 1.165) is 55.8 Å². The van der Waals surface area contributed by atoms with Gasteiger partial charge in [0.1, 0.15) is 11.6 Å². The van der Waals surface area contributed by atoms with Gasteiger partial charge in [0.25, 0.3) is 0 Å². The number of aromatic nitrogens is 1. The average Bonchev–Trinajstić information content (AvgIpc) is 2.77. The minimum absolute atomic E-state index is 0.249. The molecule has 0 aliphatic carbocycles. The van der Waals surface area contributed by atoms with E-state index in [9.17, 15) is 0 Å². The van der Waals surface area contributed by atoms with E-state index in [2.05, 4.69) is 44.6 Å². The third-order valence-electron chi connectivity index (χ3n) is 4.68. The van der Waals surface area contributed by atoms with Gasteiger partial charge >= 0.3 is 0 Å². The lowest BCUT2D eigenvalue weighted by Crippen LogP contribution is -2.41. The molecule has 0 bridgehead atoms. The molecule has 2 heterocycles. The first-order valence-electron chi connectivity index (χ1n) is 10.2. The number of hydrogen-bond donors (Lipinski definition) is 2. The predicted molar refractivity (Wildman–Crippen MR) is 117 cm³/mol. The van der Waals surface area contributed by atoms with Crippen LogP contribution in [0.25, 0.3) is 0 Å². The molecule has 1 aromatic heterocycles. The summed E-state index contributed by atoms with van der Waals surface area (Å²) in [6.07, 6.45) is 3.06. The van der Waals surface area contributed by atoms with Crippen molar-refractivity contribution in [3.05, 3.63) is 54.2 Å². The number of ether oxygens (including phenoxy) is 2. The van der Waals surface area contributed by atoms with Gasteiger partial charge in [0, 0.05) is 39.4 Å². The number of morpholine rings is 1. The second kappa shape index (κ2) is 11.3. The van der Waals surface area contributed by atoms with Crippen LogP contribution in [0.15, 0.2) is 53.7 Å². The van der Waals surface area contributed by atoms with Crippen LogP contribution in [0, 0.1) is 0 Å². The van der Waals surface area contributed by atoms with Crippen molar-refractivity contribution in [3.8, 4) is 5.75 Å². The van der Waals surface area contributed by atoms with Crippen LogP contribution in [-0.2, 0) is 11.3 Å². The maximum atomic E-state index is 5.70. The summed E-state index contributed by atoms with van der Waals surface area (Å²) in [6.45, 7) is 6.75. The Kier molecular flexibility index (Phi) is 8.12. The molecule has 156 valence electrons. The Labute approximate surface area is 173 Å². The fraction of sp³-hybridized carbons (Fsp3) is 0.455. The summed E-state index contributed by atoms with van der Waals surface area (Å²) in [6, 6.07) is 14.0. The van der Waals surface area contributed by atoms with Crippen LogP contribution in [0.3, 0.4) is 0 Å². The quantitative estimate of drug-likeness (QED) is 0.405. The van der Waals surface area contributed by atoms with Crippen molar-refractivity contribution in [3.63, 3.8) is 0 Å². The van der Waals surface area contributed by atoms with Gasteiger partial charge in [0.2, 0.25) is 0 Å². The Balaban J connectivity index is 1.35. The van der Waals surface area contributed by atoms with Gasteiger partial charge in [-0.05, 0) is 37.1 Å². The van der Waals surface area contributed by atoms with Crippen LogP contribution in [0.5, 0.6) is 5.75 Å². The van der Waals surface area contributed by atoms with Gasteiger partial charge in [-0.3, -0.25) is 4.99 Å². The lowest BCUT2D eigenvalue weighted by molar-refractivity contribution is 0.0529. The van der Waals surface area contributed by atoms with Crippen molar-refractivity contribution in [1.82, 2.24) is 15.6 Å². The molecule has 0 saturated carbocycles. The van der Waals surface area contributed by atoms with Gasteiger partial charge in [-0.2, -0.15) is 0 Å². The van der Waals surface area contributed by atoms with Gasteiger partial charge in [-0.25, -0.2) is 4.98 Å². The van der Waals surface area contributed by atoms with E-state index in [1.54, 1.807) is 7.05 Å². The van der Waals surface area contributed by atoms with Crippen molar-refractivity contribution < 1.29 is 9.47 Å². The number of aliphatic imine (C=N–C) groups is 1. The van der Waals surface area contributed by atoms with Crippen molar-refractivity contribution in [2.75, 3.05) is 44.8 Å². The summed E-state index contributed by atoms with van der Waals surface area (Å²) >= 11 is 0. The summed E-state index contributed by atoms with van der Waals surface area (Å²) in [7, 11) is 1.77. The monoisotopic (exact) mass is 397 g/mol. The standard InChI is InChI=1S/C22H31N5O2/c1-18-17-27(12-14-28-18)21-10-9-19(15-25-21)16-26-22(23-2)24-11-6-13-29-20-7-4-3-5-8-20/h3-5,7-10,15,18H,6,11-14,16-17H2,1-2H3,(H2,23,24,26). The maximum Gasteiger partial charge on any atom is 0.191 e. The van der Waals surface area contributed by atoms with Crippen molar-refractivity contribution >= 4 is 11.8 Å². The van der Waals surface area contributed by atoms with Crippen molar-refractivity contribution in [2.24, 2.45) is 4.99 Å². The first-order chi connectivity index (χ1) is 14.2. The molecule has 3 rings (SSSR count). The zero-order valence-electron chi connectivity index (χ0n) is 17.3. The fourth-order valence-corrected chi connectivity index (χ4v) is 3.13. The highest BCUT2D eigenvalue weighted by Crippen LogP contribution is 2.15. The van der Waals surface area contributed by atoms with E-state index in [4.69, 9.17) is 9.47 Å². The Bertz CT molecular complexity index is 752. The van der Waals surface area contributed by atoms with Crippen LogP contribution < -0.4 is 20.3 Å². The van der Waals surface area contributed by atoms with E-state index in [-0.39, 0.29) is 6.10 Å². The molecule has 0 radical (unpaired) electrons. The van der Waals surface area contributed by atoms with E-state index in [1.165, 1.54) is 0 Å². The number of para-hydroxylation sites is 1. The third-order valence-corrected chi connectivity index (χ3v) is 4.68. The molecular weight excluding hydrogens is 366 g/mol. The normalized spacial score (nSPS) is 17.1. The number of benzene rings is 1. The lowest BCUT2D eigenvalue weighted by Gasteiger charge is -2.32. The Morgan fingerprint density at radius 3 is 2.83 bits per heavy atom. The fourth-order valence-electron chi connectivity index (χ4n) is 3.13. The molecule has 1 aromatic carbocycles. The van der Waals surface area contributed by atoms with Crippen LogP contribution in [0.4, 0.5) is 5.82 Å². The molecule has 2 N–H and O–H groups in total. The Hall–Kier alpha value is -2.80. The lowest BCUT2D eigenvalue weighted by atomic mass is 10.2. The zero-order valence-corrected chi connectivity index (χ0v) is 17.3. The van der Waals surface area contributed by atoms with Crippen molar-refractivity contribution in [1.29, 1.82) is 0 Å².